The highest BCUT2D eigenvalue weighted by Gasteiger charge is 2.24. The highest BCUT2D eigenvalue weighted by Crippen LogP contribution is 2.09. The molecule has 0 spiro atoms. The summed E-state index contributed by atoms with van der Waals surface area (Å²) in [6.07, 6.45) is 2.82. The van der Waals surface area contributed by atoms with E-state index in [1.807, 2.05) is 11.8 Å². The quantitative estimate of drug-likeness (QED) is 0.661. The molecular weight excluding hydrogens is 220 g/mol. The van der Waals surface area contributed by atoms with E-state index in [1.165, 1.54) is 0 Å². The average Bonchev–Trinajstić information content (AvgIpc) is 2.82. The van der Waals surface area contributed by atoms with Gasteiger partial charge >= 0.3 is 0 Å². The second-order valence-electron chi connectivity index (χ2n) is 4.59. The number of nitrogens with zero attached hydrogens (tertiary/aromatic N) is 1. The van der Waals surface area contributed by atoms with E-state index in [9.17, 15) is 4.79 Å². The summed E-state index contributed by atoms with van der Waals surface area (Å²) in [7, 11) is 1.62. The Balaban J connectivity index is 2.38. The molecule has 2 unspecified atom stereocenters. The minimum Gasteiger partial charge on any atom is -0.396 e. The molecule has 0 aromatic heterocycles. The van der Waals surface area contributed by atoms with Crippen LogP contribution in [0.3, 0.4) is 0 Å². The lowest BCUT2D eigenvalue weighted by Crippen LogP contribution is -2.49. The predicted octanol–water partition coefficient (Wildman–Crippen LogP) is -0.0157. The maximum absolute atomic E-state index is 12.0. The molecule has 0 bridgehead atoms. The monoisotopic (exact) mass is 244 g/mol. The molecule has 1 saturated heterocycles. The molecule has 0 aromatic rings. The van der Waals surface area contributed by atoms with E-state index in [2.05, 4.69) is 5.32 Å². The second kappa shape index (κ2) is 7.63. The van der Waals surface area contributed by atoms with Crippen molar-refractivity contribution in [3.05, 3.63) is 0 Å². The van der Waals surface area contributed by atoms with Crippen LogP contribution >= 0.6 is 0 Å². The highest BCUT2D eigenvalue weighted by molar-refractivity contribution is 5.81. The lowest BCUT2D eigenvalue weighted by atomic mass is 10.2. The van der Waals surface area contributed by atoms with Gasteiger partial charge in [0.25, 0.3) is 0 Å². The van der Waals surface area contributed by atoms with Gasteiger partial charge in [-0.15, -0.1) is 0 Å². The van der Waals surface area contributed by atoms with E-state index < -0.39 is 0 Å². The summed E-state index contributed by atoms with van der Waals surface area (Å²) in [4.78, 5) is 14.0. The molecule has 0 radical (unpaired) electrons. The summed E-state index contributed by atoms with van der Waals surface area (Å²) >= 11 is 0. The molecular formula is C12H24N2O3. The van der Waals surface area contributed by atoms with Crippen molar-refractivity contribution in [2.45, 2.75) is 38.3 Å². The third-order valence-electron chi connectivity index (χ3n) is 3.12. The van der Waals surface area contributed by atoms with Crippen LogP contribution in [0.15, 0.2) is 0 Å². The van der Waals surface area contributed by atoms with Gasteiger partial charge in [0, 0.05) is 32.8 Å². The third-order valence-corrected chi connectivity index (χ3v) is 3.12. The maximum atomic E-state index is 12.0. The molecule has 2 atom stereocenters. The summed E-state index contributed by atoms with van der Waals surface area (Å²) < 4.78 is 5.06. The maximum Gasteiger partial charge on any atom is 0.239 e. The predicted molar refractivity (Wildman–Crippen MR) is 65.8 cm³/mol. The van der Waals surface area contributed by atoms with Gasteiger partial charge in [0.05, 0.1) is 12.6 Å². The van der Waals surface area contributed by atoms with Crippen molar-refractivity contribution in [2.24, 2.45) is 0 Å². The molecule has 100 valence electrons. The normalized spacial score (nSPS) is 19.4. The van der Waals surface area contributed by atoms with E-state index in [-0.39, 0.29) is 24.6 Å². The Bertz CT molecular complexity index is 224. The van der Waals surface area contributed by atoms with Crippen molar-refractivity contribution in [1.82, 2.24) is 10.2 Å². The summed E-state index contributed by atoms with van der Waals surface area (Å²) in [5.41, 5.74) is 0. The lowest BCUT2D eigenvalue weighted by molar-refractivity contribution is -0.132. The van der Waals surface area contributed by atoms with Crippen molar-refractivity contribution < 1.29 is 14.6 Å². The molecule has 5 nitrogen and oxygen atoms in total. The molecule has 0 aromatic carbocycles. The number of hydrogen-bond donors (Lipinski definition) is 2. The van der Waals surface area contributed by atoms with Crippen LogP contribution in [0, 0.1) is 0 Å². The second-order valence-corrected chi connectivity index (χ2v) is 4.59. The first-order valence-corrected chi connectivity index (χ1v) is 6.33. The molecule has 1 aliphatic heterocycles. The minimum atomic E-state index is -0.209. The number of hydrogen-bond acceptors (Lipinski definition) is 4. The van der Waals surface area contributed by atoms with Crippen LogP contribution in [0.5, 0.6) is 0 Å². The molecule has 17 heavy (non-hydrogen) atoms. The van der Waals surface area contributed by atoms with Gasteiger partial charge < -0.3 is 20.1 Å². The average molecular weight is 244 g/mol. The lowest BCUT2D eigenvalue weighted by Gasteiger charge is -2.25. The zero-order valence-electron chi connectivity index (χ0n) is 10.8. The number of rotatable bonds is 7. The van der Waals surface area contributed by atoms with Crippen molar-refractivity contribution in [3.63, 3.8) is 0 Å². The number of carbonyl (C=O) groups excluding carboxylic acids is 1. The van der Waals surface area contributed by atoms with Gasteiger partial charge in [0.1, 0.15) is 0 Å². The van der Waals surface area contributed by atoms with Crippen LogP contribution in [-0.4, -0.2) is 61.4 Å². The van der Waals surface area contributed by atoms with Gasteiger partial charge in [0.15, 0.2) is 0 Å². The number of ether oxygens (including phenoxy) is 1. The Morgan fingerprint density at radius 2 is 2.12 bits per heavy atom. The number of likely N-dealkylation sites (tertiary alicyclic amines) is 1. The first kappa shape index (κ1) is 14.4. The topological polar surface area (TPSA) is 61.8 Å². The Morgan fingerprint density at radius 1 is 1.47 bits per heavy atom. The number of nitrogens with one attached hydrogen (secondary N) is 1. The number of aliphatic hydroxyl groups excluding tert-OH is 1. The Hall–Kier alpha value is -0.650. The van der Waals surface area contributed by atoms with Gasteiger partial charge in [-0.2, -0.15) is 0 Å². The summed E-state index contributed by atoms with van der Waals surface area (Å²) in [5, 5.41) is 12.2. The fourth-order valence-electron chi connectivity index (χ4n) is 2.21. The number of methoxy groups -OCH3 is 1. The Labute approximate surface area is 103 Å². The molecule has 5 heteroatoms. The van der Waals surface area contributed by atoms with E-state index in [0.29, 0.717) is 13.0 Å². The Kier molecular flexibility index (Phi) is 6.47. The van der Waals surface area contributed by atoms with Gasteiger partial charge in [-0.3, -0.25) is 4.79 Å². The first-order valence-electron chi connectivity index (χ1n) is 6.33. The largest absolute Gasteiger partial charge is 0.396 e. The van der Waals surface area contributed by atoms with Crippen LogP contribution in [0.2, 0.25) is 0 Å². The number of amides is 1. The van der Waals surface area contributed by atoms with E-state index in [0.717, 1.165) is 25.9 Å². The van der Waals surface area contributed by atoms with Gasteiger partial charge in [0.2, 0.25) is 5.91 Å². The van der Waals surface area contributed by atoms with E-state index in [4.69, 9.17) is 9.84 Å². The van der Waals surface area contributed by atoms with Gasteiger partial charge in [-0.05, 0) is 26.2 Å². The zero-order chi connectivity index (χ0) is 12.7. The van der Waals surface area contributed by atoms with Gasteiger partial charge in [-0.1, -0.05) is 0 Å². The zero-order valence-corrected chi connectivity index (χ0v) is 10.8. The van der Waals surface area contributed by atoms with Crippen molar-refractivity contribution >= 4 is 5.91 Å². The summed E-state index contributed by atoms with van der Waals surface area (Å²) in [6.45, 7) is 4.24. The van der Waals surface area contributed by atoms with Crippen LogP contribution in [-0.2, 0) is 9.53 Å². The summed E-state index contributed by atoms with van der Waals surface area (Å²) in [5.74, 6) is 0.154. The first-order chi connectivity index (χ1) is 8.19. The minimum absolute atomic E-state index is 0.0338. The van der Waals surface area contributed by atoms with Crippen molar-refractivity contribution in [2.75, 3.05) is 33.4 Å². The fraction of sp³-hybridized carbons (Fsp3) is 0.917. The van der Waals surface area contributed by atoms with Gasteiger partial charge in [-0.25, -0.2) is 0 Å². The molecule has 1 fully saturated rings. The van der Waals surface area contributed by atoms with Crippen molar-refractivity contribution in [3.8, 4) is 0 Å². The highest BCUT2D eigenvalue weighted by atomic mass is 16.5. The van der Waals surface area contributed by atoms with Crippen LogP contribution in [0.4, 0.5) is 0 Å². The molecule has 1 heterocycles. The smallest absolute Gasteiger partial charge is 0.239 e. The molecule has 0 saturated carbocycles. The third kappa shape index (κ3) is 4.61. The Morgan fingerprint density at radius 3 is 2.65 bits per heavy atom. The summed E-state index contributed by atoms with van der Waals surface area (Å²) in [6, 6.07) is -0.175. The standard InChI is InChI=1S/C12H24N2O3/c1-10(12(16)14-6-3-4-7-14)13-11(5-8-15)9-17-2/h10-11,13,15H,3-9H2,1-2H3. The van der Waals surface area contributed by atoms with Crippen molar-refractivity contribution in [1.29, 1.82) is 0 Å². The van der Waals surface area contributed by atoms with E-state index in [1.54, 1.807) is 7.11 Å². The fourth-order valence-corrected chi connectivity index (χ4v) is 2.21. The number of carbonyl (C=O) groups is 1. The van der Waals surface area contributed by atoms with Crippen LogP contribution in [0.25, 0.3) is 0 Å². The molecule has 2 N–H and O–H groups in total. The molecule has 1 rings (SSSR count). The van der Waals surface area contributed by atoms with E-state index >= 15 is 0 Å². The number of aliphatic hydroxyl groups is 1. The van der Waals surface area contributed by atoms with Crippen LogP contribution in [0.1, 0.15) is 26.2 Å². The molecule has 1 amide bonds. The molecule has 0 aliphatic carbocycles. The van der Waals surface area contributed by atoms with Crippen LogP contribution < -0.4 is 5.32 Å². The SMILES string of the molecule is COCC(CCO)NC(C)C(=O)N1CCCC1. The molecule has 1 aliphatic rings.